The summed E-state index contributed by atoms with van der Waals surface area (Å²) in [6.45, 7) is 10.8. The molecule has 9 atom stereocenters. The highest BCUT2D eigenvalue weighted by Gasteiger charge is 2.60. The maximum absolute atomic E-state index is 12.1. The second-order valence-corrected chi connectivity index (χ2v) is 12.4. The average Bonchev–Trinajstić information content (AvgIpc) is 3.17. The van der Waals surface area contributed by atoms with E-state index in [-0.39, 0.29) is 47.4 Å². The van der Waals surface area contributed by atoms with E-state index in [0.717, 1.165) is 32.3 Å². The van der Waals surface area contributed by atoms with Crippen molar-refractivity contribution in [2.75, 3.05) is 6.61 Å². The van der Waals surface area contributed by atoms with E-state index in [1.807, 2.05) is 0 Å². The molecule has 5 aliphatic rings. The van der Waals surface area contributed by atoms with E-state index in [2.05, 4.69) is 32.9 Å². The van der Waals surface area contributed by atoms with E-state index in [4.69, 9.17) is 18.9 Å². The smallest absolute Gasteiger partial charge is 0.302 e. The van der Waals surface area contributed by atoms with Gasteiger partial charge in [-0.25, -0.2) is 0 Å². The van der Waals surface area contributed by atoms with Crippen molar-refractivity contribution in [1.82, 2.24) is 0 Å². The fraction of sp³-hybridized carbons (Fsp3) is 0.800. The van der Waals surface area contributed by atoms with Crippen LogP contribution in [-0.2, 0) is 28.5 Å². The molecule has 3 saturated carbocycles. The standard InChI is InChI=1S/C30H44O6/c1-18(34-28-8-6-7-15-33-28)24-11-12-25-23-10-9-21-16-22(35-19(2)31)17-27(36-20(3)32)30(21,5)26(23)13-14-29(24,25)4/h9-10,18,22,24-28H,6-8,11-17H2,1-5H3/t18-,22-,24-,25+,26+,27+,28?,29-,30+/m1/s1. The molecule has 4 aliphatic carbocycles. The summed E-state index contributed by atoms with van der Waals surface area (Å²) in [6.07, 6.45) is 13.4. The van der Waals surface area contributed by atoms with Crippen molar-refractivity contribution in [3.63, 3.8) is 0 Å². The minimum Gasteiger partial charge on any atom is -0.462 e. The predicted octanol–water partition coefficient (Wildman–Crippen LogP) is 5.89. The lowest BCUT2D eigenvalue weighted by molar-refractivity contribution is -0.202. The molecule has 0 aromatic carbocycles. The largest absolute Gasteiger partial charge is 0.462 e. The molecule has 0 aromatic rings. The molecule has 6 nitrogen and oxygen atoms in total. The number of ether oxygens (including phenoxy) is 4. The number of esters is 2. The van der Waals surface area contributed by atoms with Crippen LogP contribution in [0, 0.1) is 28.6 Å². The summed E-state index contributed by atoms with van der Waals surface area (Å²) in [5.74, 6) is 0.820. The normalized spacial score (nSPS) is 42.7. The van der Waals surface area contributed by atoms with Gasteiger partial charge in [0.1, 0.15) is 12.2 Å². The van der Waals surface area contributed by atoms with Crippen molar-refractivity contribution < 1.29 is 28.5 Å². The van der Waals surface area contributed by atoms with Gasteiger partial charge in [0.2, 0.25) is 0 Å². The van der Waals surface area contributed by atoms with Crippen molar-refractivity contribution in [3.05, 3.63) is 23.3 Å². The lowest BCUT2D eigenvalue weighted by Crippen LogP contribution is -2.54. The molecule has 200 valence electrons. The Morgan fingerprint density at radius 1 is 1.00 bits per heavy atom. The van der Waals surface area contributed by atoms with E-state index >= 15 is 0 Å². The summed E-state index contributed by atoms with van der Waals surface area (Å²) in [7, 11) is 0. The molecule has 1 unspecified atom stereocenters. The van der Waals surface area contributed by atoms with Gasteiger partial charge in [-0.15, -0.1) is 0 Å². The van der Waals surface area contributed by atoms with Crippen LogP contribution in [0.1, 0.15) is 92.4 Å². The molecule has 5 rings (SSSR count). The Balaban J connectivity index is 1.40. The van der Waals surface area contributed by atoms with Gasteiger partial charge >= 0.3 is 11.9 Å². The molecule has 0 radical (unpaired) electrons. The lowest BCUT2D eigenvalue weighted by Gasteiger charge is -2.57. The summed E-state index contributed by atoms with van der Waals surface area (Å²) in [5.41, 5.74) is 2.72. The van der Waals surface area contributed by atoms with Crippen LogP contribution in [0.2, 0.25) is 0 Å². The maximum atomic E-state index is 12.1. The van der Waals surface area contributed by atoms with E-state index < -0.39 is 0 Å². The Morgan fingerprint density at radius 2 is 1.78 bits per heavy atom. The molecule has 36 heavy (non-hydrogen) atoms. The Morgan fingerprint density at radius 3 is 2.47 bits per heavy atom. The molecule has 1 aliphatic heterocycles. The van der Waals surface area contributed by atoms with Gasteiger partial charge in [0, 0.05) is 38.7 Å². The molecule has 0 N–H and O–H groups in total. The van der Waals surface area contributed by atoms with Crippen LogP contribution in [0.5, 0.6) is 0 Å². The maximum Gasteiger partial charge on any atom is 0.302 e. The number of carbonyl (C=O) groups is 2. The third kappa shape index (κ3) is 4.47. The third-order valence-electron chi connectivity index (χ3n) is 10.4. The number of rotatable bonds is 5. The van der Waals surface area contributed by atoms with Gasteiger partial charge in [-0.2, -0.15) is 0 Å². The predicted molar refractivity (Wildman–Crippen MR) is 136 cm³/mol. The second kappa shape index (κ2) is 9.90. The molecular formula is C30H44O6. The quantitative estimate of drug-likeness (QED) is 0.438. The van der Waals surface area contributed by atoms with E-state index in [1.54, 1.807) is 0 Å². The highest BCUT2D eigenvalue weighted by atomic mass is 16.7. The Kier molecular flexibility index (Phi) is 7.14. The average molecular weight is 501 g/mol. The monoisotopic (exact) mass is 500 g/mol. The molecule has 4 fully saturated rings. The molecule has 6 heteroatoms. The highest BCUT2D eigenvalue weighted by molar-refractivity contribution is 5.67. The Bertz CT molecular complexity index is 932. The zero-order valence-electron chi connectivity index (χ0n) is 22.7. The zero-order valence-corrected chi connectivity index (χ0v) is 22.7. The fourth-order valence-electron chi connectivity index (χ4n) is 8.66. The van der Waals surface area contributed by atoms with Crippen LogP contribution < -0.4 is 0 Å². The van der Waals surface area contributed by atoms with Crippen LogP contribution >= 0.6 is 0 Å². The molecule has 0 aromatic heterocycles. The number of hydrogen-bond acceptors (Lipinski definition) is 6. The van der Waals surface area contributed by atoms with Crippen LogP contribution in [0.4, 0.5) is 0 Å². The highest BCUT2D eigenvalue weighted by Crippen LogP contribution is 2.66. The molecule has 1 saturated heterocycles. The first-order chi connectivity index (χ1) is 17.1. The van der Waals surface area contributed by atoms with Gasteiger partial charge in [0.15, 0.2) is 6.29 Å². The van der Waals surface area contributed by atoms with Crippen molar-refractivity contribution in [3.8, 4) is 0 Å². The van der Waals surface area contributed by atoms with Gasteiger partial charge < -0.3 is 18.9 Å². The molecular weight excluding hydrogens is 456 g/mol. The van der Waals surface area contributed by atoms with Crippen molar-refractivity contribution in [1.29, 1.82) is 0 Å². The van der Waals surface area contributed by atoms with Gasteiger partial charge in [-0.1, -0.05) is 37.1 Å². The van der Waals surface area contributed by atoms with Crippen LogP contribution in [0.3, 0.4) is 0 Å². The Hall–Kier alpha value is -1.66. The van der Waals surface area contributed by atoms with Crippen LogP contribution in [-0.4, -0.2) is 43.1 Å². The molecule has 1 heterocycles. The topological polar surface area (TPSA) is 71.1 Å². The molecule has 0 amide bonds. The van der Waals surface area contributed by atoms with Crippen molar-refractivity contribution in [2.24, 2.45) is 28.6 Å². The zero-order chi connectivity index (χ0) is 25.7. The summed E-state index contributed by atoms with van der Waals surface area (Å²) < 4.78 is 24.0. The minimum absolute atomic E-state index is 0.0528. The SMILES string of the molecule is CC(=O)O[C@@H]1CC2=CC=C3[C@@H]4CC[C@H]([C@@H](C)OC5CCCCO5)[C@@]4(C)CC[C@@H]3[C@@]2(C)[C@@H](OC(C)=O)C1. The van der Waals surface area contributed by atoms with Gasteiger partial charge in [-0.05, 0) is 75.0 Å². The molecule has 0 bridgehead atoms. The van der Waals surface area contributed by atoms with E-state index in [9.17, 15) is 9.59 Å². The number of allylic oxidation sites excluding steroid dienone is 3. The number of hydrogen-bond donors (Lipinski definition) is 0. The van der Waals surface area contributed by atoms with Crippen LogP contribution in [0.25, 0.3) is 0 Å². The fourth-order valence-corrected chi connectivity index (χ4v) is 8.66. The number of fused-ring (bicyclic) bond motifs is 5. The summed E-state index contributed by atoms with van der Waals surface area (Å²) in [5, 5.41) is 0. The van der Waals surface area contributed by atoms with Crippen molar-refractivity contribution in [2.45, 2.75) is 117 Å². The Labute approximate surface area is 216 Å². The number of carbonyl (C=O) groups excluding carboxylic acids is 2. The van der Waals surface area contributed by atoms with Crippen molar-refractivity contribution >= 4 is 11.9 Å². The second-order valence-electron chi connectivity index (χ2n) is 12.4. The third-order valence-corrected chi connectivity index (χ3v) is 10.4. The van der Waals surface area contributed by atoms with Gasteiger partial charge in [0.05, 0.1) is 6.10 Å². The summed E-state index contributed by atoms with van der Waals surface area (Å²) >= 11 is 0. The van der Waals surface area contributed by atoms with Gasteiger partial charge in [-0.3, -0.25) is 9.59 Å². The first-order valence-corrected chi connectivity index (χ1v) is 14.2. The molecule has 0 spiro atoms. The van der Waals surface area contributed by atoms with Gasteiger partial charge in [0.25, 0.3) is 0 Å². The van der Waals surface area contributed by atoms with E-state index in [0.29, 0.717) is 30.6 Å². The lowest BCUT2D eigenvalue weighted by atomic mass is 9.49. The van der Waals surface area contributed by atoms with E-state index in [1.165, 1.54) is 44.3 Å². The first kappa shape index (κ1) is 26.0. The summed E-state index contributed by atoms with van der Waals surface area (Å²) in [4.78, 5) is 23.8. The minimum atomic E-state index is -0.291. The van der Waals surface area contributed by atoms with Crippen LogP contribution in [0.15, 0.2) is 23.3 Å². The first-order valence-electron chi connectivity index (χ1n) is 14.2. The summed E-state index contributed by atoms with van der Waals surface area (Å²) in [6, 6.07) is 0.